The number of carbonyl (C=O) groups is 2. The van der Waals surface area contributed by atoms with E-state index in [-0.39, 0.29) is 6.42 Å². The smallest absolute Gasteiger partial charge is 0.329 e. The van der Waals surface area contributed by atoms with E-state index in [0.717, 1.165) is 24.3 Å². The average Bonchev–Trinajstić information content (AvgIpc) is 2.81. The van der Waals surface area contributed by atoms with Gasteiger partial charge >= 0.3 is 11.9 Å². The molecule has 0 aromatic rings. The molecule has 0 rings (SSSR count). The van der Waals surface area contributed by atoms with Crippen LogP contribution in [0.1, 0.15) is 150 Å². The maximum atomic E-state index is 11.8. The van der Waals surface area contributed by atoms with E-state index in [1.54, 1.807) is 30.4 Å². The van der Waals surface area contributed by atoms with E-state index in [2.05, 4.69) is 13.8 Å². The van der Waals surface area contributed by atoms with Gasteiger partial charge in [-0.15, -0.1) is 23.5 Å². The van der Waals surface area contributed by atoms with Gasteiger partial charge in [0.2, 0.25) is 0 Å². The van der Waals surface area contributed by atoms with Crippen molar-refractivity contribution in [1.29, 1.82) is 0 Å². The summed E-state index contributed by atoms with van der Waals surface area (Å²) in [5.41, 5.74) is 0. The summed E-state index contributed by atoms with van der Waals surface area (Å²) in [5.74, 6) is 0.552. The first-order valence-electron chi connectivity index (χ1n) is 14.1. The number of unbranched alkanes of at least 4 members (excludes halogenated alkanes) is 16. The highest BCUT2D eigenvalue weighted by Crippen LogP contribution is 2.38. The van der Waals surface area contributed by atoms with Gasteiger partial charge < -0.3 is 10.2 Å². The summed E-state index contributed by atoms with van der Waals surface area (Å²) in [7, 11) is 0. The largest absolute Gasteiger partial charge is 0.481 e. The number of hydrogen-bond acceptors (Lipinski definition) is 4. The zero-order valence-corrected chi connectivity index (χ0v) is 24.5. The summed E-state index contributed by atoms with van der Waals surface area (Å²) in [5, 5.41) is 17.4. The lowest BCUT2D eigenvalue weighted by Crippen LogP contribution is -2.28. The molecule has 0 aliphatic rings. The second kappa shape index (κ2) is 27.2. The van der Waals surface area contributed by atoms with Crippen LogP contribution in [0.25, 0.3) is 0 Å². The van der Waals surface area contributed by atoms with Crippen molar-refractivity contribution in [2.45, 2.75) is 154 Å². The lowest BCUT2D eigenvalue weighted by molar-refractivity contribution is -0.137. The first-order chi connectivity index (χ1) is 16.3. The Labute approximate surface area is 220 Å². The Morgan fingerprint density at radius 2 is 0.824 bits per heavy atom. The monoisotopic (exact) mass is 520 g/mol. The van der Waals surface area contributed by atoms with E-state index in [4.69, 9.17) is 5.11 Å². The fourth-order valence-electron chi connectivity index (χ4n) is 3.52. The van der Waals surface area contributed by atoms with Crippen LogP contribution in [-0.2, 0) is 9.59 Å². The summed E-state index contributed by atoms with van der Waals surface area (Å²) in [4.78, 5) is 21.1. The van der Waals surface area contributed by atoms with Crippen molar-refractivity contribution >= 4 is 35.5 Å². The van der Waals surface area contributed by atoms with Gasteiger partial charge in [-0.1, -0.05) is 124 Å². The lowest BCUT2D eigenvalue weighted by atomic mass is 10.1. The number of carboxylic acids is 2. The first kappa shape index (κ1) is 35.8. The Morgan fingerprint density at radius 3 is 1.06 bits per heavy atom. The van der Waals surface area contributed by atoms with Crippen molar-refractivity contribution in [3.8, 4) is 0 Å². The van der Waals surface area contributed by atoms with Crippen LogP contribution in [0.5, 0.6) is 0 Å². The molecule has 0 saturated carbocycles. The standard InChI is InChI=1S/C25H50O2S2.C3H6O2/c1-4-6-8-10-12-14-16-18-20-22-28-25(3,24(26)27)29-23-21-19-17-15-13-11-9-7-5-2;1-2-3(4)5/h4-23H2,1-3H3,(H,26,27);2H2,1H3,(H,4,5). The number of hydrogen-bond donors (Lipinski definition) is 2. The van der Waals surface area contributed by atoms with Gasteiger partial charge in [0.05, 0.1) is 0 Å². The van der Waals surface area contributed by atoms with Crippen LogP contribution in [-0.4, -0.2) is 37.7 Å². The van der Waals surface area contributed by atoms with Crippen molar-refractivity contribution in [2.75, 3.05) is 11.5 Å². The fraction of sp³-hybridized carbons (Fsp3) is 0.929. The van der Waals surface area contributed by atoms with Crippen LogP contribution in [0.15, 0.2) is 0 Å². The molecule has 0 aliphatic carbocycles. The third-order valence-electron chi connectivity index (χ3n) is 5.94. The van der Waals surface area contributed by atoms with Crippen LogP contribution in [0.4, 0.5) is 0 Å². The van der Waals surface area contributed by atoms with Gasteiger partial charge in [0.15, 0.2) is 4.08 Å². The minimum absolute atomic E-state index is 0.222. The van der Waals surface area contributed by atoms with Gasteiger partial charge in [0.1, 0.15) is 0 Å². The molecule has 0 atom stereocenters. The molecule has 0 aliphatic heterocycles. The molecule has 0 saturated heterocycles. The molecule has 0 radical (unpaired) electrons. The molecule has 0 bridgehead atoms. The first-order valence-corrected chi connectivity index (χ1v) is 16.0. The van der Waals surface area contributed by atoms with Crippen molar-refractivity contribution < 1.29 is 19.8 Å². The van der Waals surface area contributed by atoms with Crippen LogP contribution in [0.3, 0.4) is 0 Å². The van der Waals surface area contributed by atoms with Crippen molar-refractivity contribution in [1.82, 2.24) is 0 Å². The molecule has 0 unspecified atom stereocenters. The van der Waals surface area contributed by atoms with Crippen LogP contribution < -0.4 is 0 Å². The highest BCUT2D eigenvalue weighted by atomic mass is 32.2. The predicted octanol–water partition coefficient (Wildman–Crippen LogP) is 9.80. The van der Waals surface area contributed by atoms with Gasteiger partial charge in [0.25, 0.3) is 0 Å². The second-order valence-electron chi connectivity index (χ2n) is 9.35. The molecular weight excluding hydrogens is 464 g/mol. The lowest BCUT2D eigenvalue weighted by Gasteiger charge is -2.23. The van der Waals surface area contributed by atoms with Gasteiger partial charge in [-0.25, -0.2) is 4.79 Å². The summed E-state index contributed by atoms with van der Waals surface area (Å²) in [6.45, 7) is 8.03. The summed E-state index contributed by atoms with van der Waals surface area (Å²) in [6, 6.07) is 0. The average molecular weight is 521 g/mol. The minimum Gasteiger partial charge on any atom is -0.481 e. The van der Waals surface area contributed by atoms with Crippen molar-refractivity contribution in [3.05, 3.63) is 0 Å². The molecule has 0 aromatic heterocycles. The normalized spacial score (nSPS) is 11.2. The summed E-state index contributed by atoms with van der Waals surface area (Å²) >= 11 is 3.30. The fourth-order valence-corrected chi connectivity index (χ4v) is 6.08. The predicted molar refractivity (Wildman–Crippen MR) is 153 cm³/mol. The number of aliphatic carboxylic acids is 2. The third-order valence-corrected chi connectivity index (χ3v) is 9.09. The highest BCUT2D eigenvalue weighted by Gasteiger charge is 2.33. The molecule has 2 N–H and O–H groups in total. The van der Waals surface area contributed by atoms with Gasteiger partial charge in [-0.05, 0) is 31.3 Å². The van der Waals surface area contributed by atoms with E-state index in [1.165, 1.54) is 103 Å². The molecule has 0 amide bonds. The Morgan fingerprint density at radius 1 is 0.559 bits per heavy atom. The quantitative estimate of drug-likeness (QED) is 0.0974. The summed E-state index contributed by atoms with van der Waals surface area (Å²) in [6.07, 6.45) is 24.0. The maximum absolute atomic E-state index is 11.8. The van der Waals surface area contributed by atoms with Gasteiger partial charge in [-0.3, -0.25) is 4.79 Å². The number of rotatable bonds is 24. The SMILES string of the molecule is CCC(=O)O.CCCCCCCCCCCSC(C)(SCCCCCCCCCCC)C(=O)O. The van der Waals surface area contributed by atoms with Crippen LogP contribution >= 0.6 is 23.5 Å². The molecule has 4 nitrogen and oxygen atoms in total. The number of thioether (sulfide) groups is 2. The molecular formula is C28H56O4S2. The summed E-state index contributed by atoms with van der Waals surface area (Å²) < 4.78 is -0.666. The van der Waals surface area contributed by atoms with Crippen LogP contribution in [0.2, 0.25) is 0 Å². The maximum Gasteiger partial charge on any atom is 0.329 e. The molecule has 34 heavy (non-hydrogen) atoms. The molecule has 0 spiro atoms. The zero-order valence-electron chi connectivity index (χ0n) is 22.9. The Bertz CT molecular complexity index is 434. The second-order valence-corrected chi connectivity index (χ2v) is 12.6. The van der Waals surface area contributed by atoms with E-state index >= 15 is 0 Å². The van der Waals surface area contributed by atoms with E-state index in [9.17, 15) is 14.7 Å². The zero-order chi connectivity index (χ0) is 25.9. The molecule has 0 fully saturated rings. The Balaban J connectivity index is 0. The highest BCUT2D eigenvalue weighted by molar-refractivity contribution is 8.19. The number of carboxylic acid groups (broad SMARTS) is 2. The Kier molecular flexibility index (Phi) is 28.7. The van der Waals surface area contributed by atoms with Crippen molar-refractivity contribution in [3.63, 3.8) is 0 Å². The molecule has 0 aromatic carbocycles. The van der Waals surface area contributed by atoms with Crippen molar-refractivity contribution in [2.24, 2.45) is 0 Å². The van der Waals surface area contributed by atoms with Gasteiger partial charge in [-0.2, -0.15) is 0 Å². The topological polar surface area (TPSA) is 74.6 Å². The molecule has 204 valence electrons. The molecule has 0 heterocycles. The van der Waals surface area contributed by atoms with Crippen LogP contribution in [0, 0.1) is 0 Å². The Hall–Kier alpha value is -0.360. The van der Waals surface area contributed by atoms with E-state index in [0.29, 0.717) is 0 Å². The third kappa shape index (κ3) is 26.2. The minimum atomic E-state index is -0.745. The van der Waals surface area contributed by atoms with Gasteiger partial charge in [0, 0.05) is 6.42 Å². The molecule has 6 heteroatoms. The van der Waals surface area contributed by atoms with E-state index < -0.39 is 16.0 Å². The van der Waals surface area contributed by atoms with E-state index in [1.807, 2.05) is 6.92 Å².